The van der Waals surface area contributed by atoms with Crippen molar-refractivity contribution in [2.24, 2.45) is 17.3 Å². The molecule has 1 aliphatic rings. The Morgan fingerprint density at radius 1 is 1.32 bits per heavy atom. The zero-order valence-electron chi connectivity index (χ0n) is 13.3. The first kappa shape index (κ1) is 16.4. The summed E-state index contributed by atoms with van der Waals surface area (Å²) in [6.07, 6.45) is 4.31. The molecule has 1 N–H and O–H groups in total. The molecule has 3 atom stereocenters. The van der Waals surface area contributed by atoms with Crippen LogP contribution in [-0.4, -0.2) is 11.2 Å². The molecule has 0 heterocycles. The van der Waals surface area contributed by atoms with Crippen molar-refractivity contribution in [2.75, 3.05) is 0 Å². The molecule has 0 aliphatic heterocycles. The van der Waals surface area contributed by atoms with Crippen LogP contribution >= 0.6 is 0 Å². The Morgan fingerprint density at radius 3 is 2.37 bits per heavy atom. The van der Waals surface area contributed by atoms with Gasteiger partial charge in [0.05, 0.1) is 6.10 Å². The number of allylic oxidation sites excluding steroid dienone is 3. The lowest BCUT2D eigenvalue weighted by molar-refractivity contribution is 0.0626. The minimum atomic E-state index is -0.599. The molecule has 110 valence electrons. The van der Waals surface area contributed by atoms with Crippen LogP contribution in [0.2, 0.25) is 0 Å². The van der Waals surface area contributed by atoms with Crippen LogP contribution in [0.3, 0.4) is 0 Å². The highest BCUT2D eigenvalue weighted by molar-refractivity contribution is 5.39. The topological polar surface area (TPSA) is 20.2 Å². The minimum Gasteiger partial charge on any atom is -0.392 e. The number of hydrogen-bond donors (Lipinski definition) is 1. The van der Waals surface area contributed by atoms with Crippen LogP contribution in [0.15, 0.2) is 23.0 Å². The second kappa shape index (κ2) is 6.21. The summed E-state index contributed by atoms with van der Waals surface area (Å²) in [5.41, 5.74) is 1.27. The SMILES string of the molecule is CCC(O)C1C=C(C[C@H](C)CC)C(C)=C(F)C1(C)C. The van der Waals surface area contributed by atoms with Crippen LogP contribution in [0.25, 0.3) is 0 Å². The van der Waals surface area contributed by atoms with E-state index in [-0.39, 0.29) is 11.7 Å². The molecule has 19 heavy (non-hydrogen) atoms. The molecule has 1 aliphatic carbocycles. The molecular weight excluding hydrogens is 239 g/mol. The molecule has 0 spiro atoms. The molecule has 0 aromatic carbocycles. The van der Waals surface area contributed by atoms with Crippen molar-refractivity contribution < 1.29 is 9.50 Å². The van der Waals surface area contributed by atoms with Crippen molar-refractivity contribution >= 4 is 0 Å². The number of hydrogen-bond acceptors (Lipinski definition) is 1. The van der Waals surface area contributed by atoms with Crippen LogP contribution in [0.1, 0.15) is 60.8 Å². The van der Waals surface area contributed by atoms with Gasteiger partial charge in [-0.25, -0.2) is 4.39 Å². The van der Waals surface area contributed by atoms with Crippen LogP contribution in [0, 0.1) is 17.3 Å². The van der Waals surface area contributed by atoms with Gasteiger partial charge in [0.2, 0.25) is 0 Å². The maximum atomic E-state index is 14.6. The van der Waals surface area contributed by atoms with Gasteiger partial charge >= 0.3 is 0 Å². The third-order valence-electron chi connectivity index (χ3n) is 4.69. The summed E-state index contributed by atoms with van der Waals surface area (Å²) < 4.78 is 14.6. The highest BCUT2D eigenvalue weighted by Crippen LogP contribution is 2.47. The number of rotatable bonds is 5. The van der Waals surface area contributed by atoms with Gasteiger partial charge in [-0.1, -0.05) is 47.1 Å². The normalized spacial score (nSPS) is 26.1. The van der Waals surface area contributed by atoms with Crippen molar-refractivity contribution in [1.29, 1.82) is 0 Å². The zero-order chi connectivity index (χ0) is 14.8. The summed E-state index contributed by atoms with van der Waals surface area (Å²) in [6, 6.07) is 0. The molecule has 0 aromatic heterocycles. The summed E-state index contributed by atoms with van der Waals surface area (Å²) in [5.74, 6) is 0.376. The Labute approximate surface area is 117 Å². The van der Waals surface area contributed by atoms with Crippen molar-refractivity contribution in [3.8, 4) is 0 Å². The molecule has 2 heteroatoms. The van der Waals surface area contributed by atoms with Gasteiger partial charge in [0.1, 0.15) is 5.83 Å². The van der Waals surface area contributed by atoms with E-state index in [0.29, 0.717) is 12.3 Å². The third-order valence-corrected chi connectivity index (χ3v) is 4.69. The van der Waals surface area contributed by atoms with Gasteiger partial charge in [-0.3, -0.25) is 0 Å². The maximum Gasteiger partial charge on any atom is 0.109 e. The fraction of sp³-hybridized carbons (Fsp3) is 0.765. The van der Waals surface area contributed by atoms with E-state index in [2.05, 4.69) is 19.9 Å². The fourth-order valence-electron chi connectivity index (χ4n) is 2.91. The smallest absolute Gasteiger partial charge is 0.109 e. The van der Waals surface area contributed by atoms with Gasteiger partial charge in [-0.15, -0.1) is 0 Å². The fourth-order valence-corrected chi connectivity index (χ4v) is 2.91. The Kier molecular flexibility index (Phi) is 5.37. The molecule has 2 unspecified atom stereocenters. The van der Waals surface area contributed by atoms with Crippen molar-refractivity contribution in [2.45, 2.75) is 66.9 Å². The first-order valence-electron chi connectivity index (χ1n) is 7.51. The molecule has 0 bridgehead atoms. The minimum absolute atomic E-state index is 0.0502. The molecule has 0 aromatic rings. The Bertz CT molecular complexity index is 379. The standard InChI is InChI=1S/C17H29FO/c1-7-11(3)9-13-10-14(15(19)8-2)17(5,6)16(18)12(13)4/h10-11,14-15,19H,7-9H2,1-6H3/t11-,14?,15?/m1/s1. The van der Waals surface area contributed by atoms with Gasteiger partial charge < -0.3 is 5.11 Å². The van der Waals surface area contributed by atoms with E-state index in [1.54, 1.807) is 0 Å². The predicted octanol–water partition coefficient (Wildman–Crippen LogP) is 5.02. The summed E-state index contributed by atoms with van der Waals surface area (Å²) in [5, 5.41) is 10.2. The lowest BCUT2D eigenvalue weighted by Gasteiger charge is -2.39. The van der Waals surface area contributed by atoms with Crippen molar-refractivity contribution in [3.63, 3.8) is 0 Å². The largest absolute Gasteiger partial charge is 0.392 e. The van der Waals surface area contributed by atoms with Crippen LogP contribution < -0.4 is 0 Å². The lowest BCUT2D eigenvalue weighted by Crippen LogP contribution is -2.36. The third kappa shape index (κ3) is 3.28. The van der Waals surface area contributed by atoms with Crippen LogP contribution in [0.5, 0.6) is 0 Å². The first-order valence-corrected chi connectivity index (χ1v) is 7.51. The van der Waals surface area contributed by atoms with Gasteiger partial charge in [-0.05, 0) is 36.8 Å². The Balaban J connectivity index is 3.13. The molecule has 0 fully saturated rings. The van der Waals surface area contributed by atoms with E-state index in [1.165, 1.54) is 0 Å². The molecular formula is C17H29FO. The van der Waals surface area contributed by atoms with Gasteiger partial charge in [-0.2, -0.15) is 0 Å². The summed E-state index contributed by atoms with van der Waals surface area (Å²) in [4.78, 5) is 0. The average molecular weight is 268 g/mol. The first-order chi connectivity index (χ1) is 8.75. The van der Waals surface area contributed by atoms with E-state index in [1.807, 2.05) is 27.7 Å². The summed E-state index contributed by atoms with van der Waals surface area (Å²) in [6.45, 7) is 12.0. The average Bonchev–Trinajstić information content (AvgIpc) is 2.38. The van der Waals surface area contributed by atoms with E-state index < -0.39 is 11.5 Å². The predicted molar refractivity (Wildman–Crippen MR) is 79.5 cm³/mol. The van der Waals surface area contributed by atoms with E-state index >= 15 is 0 Å². The van der Waals surface area contributed by atoms with E-state index in [4.69, 9.17) is 0 Å². The summed E-state index contributed by atoms with van der Waals surface area (Å²) in [7, 11) is 0. The zero-order valence-corrected chi connectivity index (χ0v) is 13.3. The van der Waals surface area contributed by atoms with E-state index in [9.17, 15) is 9.50 Å². The molecule has 1 nitrogen and oxygen atoms in total. The highest BCUT2D eigenvalue weighted by atomic mass is 19.1. The maximum absolute atomic E-state index is 14.6. The molecule has 1 rings (SSSR count). The van der Waals surface area contributed by atoms with Crippen molar-refractivity contribution in [3.05, 3.63) is 23.0 Å². The molecule has 0 saturated heterocycles. The van der Waals surface area contributed by atoms with Gasteiger partial charge in [0, 0.05) is 11.3 Å². The monoisotopic (exact) mass is 268 g/mol. The highest BCUT2D eigenvalue weighted by Gasteiger charge is 2.41. The number of aliphatic hydroxyl groups excluding tert-OH is 1. The summed E-state index contributed by atoms with van der Waals surface area (Å²) >= 11 is 0. The van der Waals surface area contributed by atoms with Crippen LogP contribution in [-0.2, 0) is 0 Å². The second-order valence-electron chi connectivity index (χ2n) is 6.57. The lowest BCUT2D eigenvalue weighted by atomic mass is 9.67. The molecule has 0 radical (unpaired) electrons. The van der Waals surface area contributed by atoms with Gasteiger partial charge in [0.15, 0.2) is 0 Å². The van der Waals surface area contributed by atoms with Crippen molar-refractivity contribution in [1.82, 2.24) is 0 Å². The Morgan fingerprint density at radius 2 is 1.89 bits per heavy atom. The number of aliphatic hydroxyl groups is 1. The van der Waals surface area contributed by atoms with Gasteiger partial charge in [0.25, 0.3) is 0 Å². The second-order valence-corrected chi connectivity index (χ2v) is 6.57. The van der Waals surface area contributed by atoms with Crippen LogP contribution in [0.4, 0.5) is 4.39 Å². The number of halogens is 1. The quantitative estimate of drug-likeness (QED) is 0.742. The molecule has 0 saturated carbocycles. The Hall–Kier alpha value is -0.630. The van der Waals surface area contributed by atoms with E-state index in [0.717, 1.165) is 24.0 Å². The molecule has 0 amide bonds.